The van der Waals surface area contributed by atoms with Crippen molar-refractivity contribution in [1.82, 2.24) is 0 Å². The second-order valence-corrected chi connectivity index (χ2v) is 9.38. The molecule has 160 valence electrons. The fourth-order valence-electron chi connectivity index (χ4n) is 5.82. The van der Waals surface area contributed by atoms with Gasteiger partial charge in [-0.25, -0.2) is 24.3 Å². The van der Waals surface area contributed by atoms with Gasteiger partial charge in [-0.05, 0) is 22.7 Å². The summed E-state index contributed by atoms with van der Waals surface area (Å²) in [6, 6.07) is 18.0. The first kappa shape index (κ1) is 29.2. The van der Waals surface area contributed by atoms with Gasteiger partial charge in [0.1, 0.15) is 0 Å². The first-order chi connectivity index (χ1) is 12.5. The fraction of sp³-hybridized carbons (Fsp3) is 0.615. The summed E-state index contributed by atoms with van der Waals surface area (Å²) >= 11 is 0. The molecule has 0 atom stereocenters. The zero-order valence-electron chi connectivity index (χ0n) is 18.7. The predicted molar refractivity (Wildman–Crippen MR) is 114 cm³/mol. The second-order valence-electron chi connectivity index (χ2n) is 9.38. The van der Waals surface area contributed by atoms with Crippen molar-refractivity contribution in [3.05, 3.63) is 59.7 Å². The van der Waals surface area contributed by atoms with Crippen molar-refractivity contribution in [1.29, 1.82) is 0 Å². The van der Waals surface area contributed by atoms with Gasteiger partial charge in [0.05, 0.1) is 0 Å². The smallest absolute Gasteiger partial charge is 1.00 e. The Morgan fingerprint density at radius 2 is 0.793 bits per heavy atom. The van der Waals surface area contributed by atoms with Gasteiger partial charge in [-0.2, -0.15) is 35.4 Å². The van der Waals surface area contributed by atoms with Crippen molar-refractivity contribution < 1.29 is 51.0 Å². The summed E-state index contributed by atoms with van der Waals surface area (Å²) < 4.78 is 0. The third-order valence-corrected chi connectivity index (χ3v) is 7.68. The van der Waals surface area contributed by atoms with E-state index in [1.165, 1.54) is 51.4 Å². The summed E-state index contributed by atoms with van der Waals surface area (Å²) in [4.78, 5) is 0. The minimum Gasteiger partial charge on any atom is -1.00 e. The van der Waals surface area contributed by atoms with E-state index in [4.69, 9.17) is 0 Å². The molecule has 0 saturated heterocycles. The van der Waals surface area contributed by atoms with Gasteiger partial charge < -0.3 is 24.8 Å². The van der Waals surface area contributed by atoms with Crippen LogP contribution in [0.1, 0.15) is 90.2 Å². The van der Waals surface area contributed by atoms with Crippen LogP contribution in [0.25, 0.3) is 0 Å². The largest absolute Gasteiger partial charge is 4.00 e. The van der Waals surface area contributed by atoms with Gasteiger partial charge in [0.25, 0.3) is 0 Å². The predicted octanol–water partition coefficient (Wildman–Crippen LogP) is 1.75. The molecule has 2 aliphatic rings. The Kier molecular flexibility index (Phi) is 13.0. The van der Waals surface area contributed by atoms with E-state index < -0.39 is 0 Å². The van der Waals surface area contributed by atoms with Crippen molar-refractivity contribution in [2.75, 3.05) is 0 Å². The van der Waals surface area contributed by atoms with Crippen molar-refractivity contribution in [2.45, 2.75) is 89.9 Å². The molecular formula is C26H38Cl2Zr. The molecule has 3 heteroatoms. The molecule has 0 nitrogen and oxygen atoms in total. The Labute approximate surface area is 211 Å². The van der Waals surface area contributed by atoms with Crippen LogP contribution >= 0.6 is 0 Å². The first-order valence-electron chi connectivity index (χ1n) is 11.0. The van der Waals surface area contributed by atoms with E-state index >= 15 is 0 Å². The summed E-state index contributed by atoms with van der Waals surface area (Å²) in [5, 5.41) is 0. The Morgan fingerprint density at radius 3 is 1.00 bits per heavy atom. The van der Waals surface area contributed by atoms with Gasteiger partial charge in [-0.3, -0.25) is 0 Å². The Hall–Kier alpha value is 0.163. The van der Waals surface area contributed by atoms with Gasteiger partial charge >= 0.3 is 26.2 Å². The summed E-state index contributed by atoms with van der Waals surface area (Å²) in [5.74, 6) is 1.58. The monoisotopic (exact) mass is 510 g/mol. The molecule has 2 aliphatic carbocycles. The standard InChI is InChI=1S/2C13H19.2ClH.Zr/c2*1-11(2)13(9-5-6-10-13)12-7-3-4-8-12;;;/h2*3-4,7-8,11H,5-6,9-10H2,1-2H3;2*1H;/q2*-1;;;+4/p-2. The molecule has 4 rings (SSSR count). The van der Waals surface area contributed by atoms with Crippen LogP contribution in [-0.2, 0) is 37.0 Å². The molecule has 29 heavy (non-hydrogen) atoms. The summed E-state index contributed by atoms with van der Waals surface area (Å²) in [6.45, 7) is 9.49. The van der Waals surface area contributed by atoms with E-state index in [-0.39, 0.29) is 51.0 Å². The summed E-state index contributed by atoms with van der Waals surface area (Å²) in [6.07, 6.45) is 11.3. The summed E-state index contributed by atoms with van der Waals surface area (Å²) in [5.41, 5.74) is 4.20. The van der Waals surface area contributed by atoms with Crippen molar-refractivity contribution in [3.8, 4) is 0 Å². The van der Waals surface area contributed by atoms with Gasteiger partial charge in [-0.1, -0.05) is 79.1 Å². The van der Waals surface area contributed by atoms with Crippen LogP contribution in [-0.4, -0.2) is 0 Å². The Bertz CT molecular complexity index is 570. The molecule has 0 radical (unpaired) electrons. The Balaban J connectivity index is 0.000000490. The number of hydrogen-bond acceptors (Lipinski definition) is 0. The van der Waals surface area contributed by atoms with E-state index in [0.29, 0.717) is 10.8 Å². The first-order valence-corrected chi connectivity index (χ1v) is 11.0. The van der Waals surface area contributed by atoms with Crippen LogP contribution in [0, 0.1) is 11.8 Å². The maximum Gasteiger partial charge on any atom is 4.00 e. The average molecular weight is 513 g/mol. The van der Waals surface area contributed by atoms with Crippen molar-refractivity contribution in [2.24, 2.45) is 11.8 Å². The van der Waals surface area contributed by atoms with E-state index in [2.05, 4.69) is 76.2 Å². The molecule has 2 aromatic rings. The van der Waals surface area contributed by atoms with Gasteiger partial charge in [-0.15, -0.1) is 0 Å². The molecule has 0 heterocycles. The molecular weight excluding hydrogens is 474 g/mol. The van der Waals surface area contributed by atoms with Gasteiger partial charge in [0.15, 0.2) is 0 Å². The molecule has 0 bridgehead atoms. The van der Waals surface area contributed by atoms with Crippen LogP contribution < -0.4 is 24.8 Å². The topological polar surface area (TPSA) is 0 Å². The van der Waals surface area contributed by atoms with Crippen LogP contribution in [0.4, 0.5) is 0 Å². The van der Waals surface area contributed by atoms with Crippen molar-refractivity contribution in [3.63, 3.8) is 0 Å². The molecule has 0 N–H and O–H groups in total. The zero-order valence-corrected chi connectivity index (χ0v) is 22.7. The number of hydrogen-bond donors (Lipinski definition) is 0. The molecule has 0 unspecified atom stereocenters. The molecule has 2 fully saturated rings. The SMILES string of the molecule is CC(C)C1([c-]2cccc2)CCCC1.CC(C)C1([c-]2cccc2)CCCC1.[Cl-].[Cl-].[Zr+4]. The second kappa shape index (κ2) is 12.9. The van der Waals surface area contributed by atoms with Gasteiger partial charge in [0, 0.05) is 0 Å². The molecule has 0 amide bonds. The van der Waals surface area contributed by atoms with Crippen LogP contribution in [0.3, 0.4) is 0 Å². The van der Waals surface area contributed by atoms with E-state index in [9.17, 15) is 0 Å². The number of halogens is 2. The summed E-state index contributed by atoms with van der Waals surface area (Å²) in [7, 11) is 0. The molecule has 0 aliphatic heterocycles. The minimum absolute atomic E-state index is 0. The maximum atomic E-state index is 2.37. The maximum absolute atomic E-state index is 2.37. The minimum atomic E-state index is 0. The molecule has 2 saturated carbocycles. The van der Waals surface area contributed by atoms with E-state index in [0.717, 1.165) is 11.8 Å². The van der Waals surface area contributed by atoms with E-state index in [1.807, 2.05) is 0 Å². The number of rotatable bonds is 4. The molecule has 0 aromatic heterocycles. The zero-order chi connectivity index (χ0) is 18.6. The quantitative estimate of drug-likeness (QED) is 0.548. The van der Waals surface area contributed by atoms with Crippen LogP contribution in [0.15, 0.2) is 48.5 Å². The van der Waals surface area contributed by atoms with Crippen LogP contribution in [0.2, 0.25) is 0 Å². The normalized spacial score (nSPS) is 19.0. The molecule has 2 aromatic carbocycles. The van der Waals surface area contributed by atoms with Crippen LogP contribution in [0.5, 0.6) is 0 Å². The third kappa shape index (κ3) is 6.11. The van der Waals surface area contributed by atoms with Gasteiger partial charge in [0.2, 0.25) is 0 Å². The fourth-order valence-corrected chi connectivity index (χ4v) is 5.82. The molecule has 0 spiro atoms. The van der Waals surface area contributed by atoms with Crippen molar-refractivity contribution >= 4 is 0 Å². The Morgan fingerprint density at radius 1 is 0.552 bits per heavy atom. The average Bonchev–Trinajstić information content (AvgIpc) is 3.45. The third-order valence-electron chi connectivity index (χ3n) is 7.68. The van der Waals surface area contributed by atoms with E-state index in [1.54, 1.807) is 11.1 Å².